The maximum absolute atomic E-state index is 11.3. The van der Waals surface area contributed by atoms with Crippen LogP contribution in [0.1, 0.15) is 51.9 Å². The molecular weight excluding hydrogens is 216 g/mol. The van der Waals surface area contributed by atoms with E-state index in [-0.39, 0.29) is 5.97 Å². The number of nitrogens with zero attached hydrogens (tertiary/aromatic N) is 1. The van der Waals surface area contributed by atoms with E-state index in [1.165, 1.54) is 39.0 Å². The summed E-state index contributed by atoms with van der Waals surface area (Å²) in [5.74, 6) is -0.172. The zero-order valence-corrected chi connectivity index (χ0v) is 10.8. The number of rotatable bonds is 3. The van der Waals surface area contributed by atoms with E-state index in [9.17, 15) is 4.79 Å². The molecule has 0 spiro atoms. The molecule has 0 unspecified atom stereocenters. The summed E-state index contributed by atoms with van der Waals surface area (Å²) in [4.78, 5) is 16.8. The number of hydroxylamine groups is 2. The molecule has 0 atom stereocenters. The fraction of sp³-hybridized carbons (Fsp3) is 0.923. The van der Waals surface area contributed by atoms with Gasteiger partial charge in [-0.15, -0.1) is 5.06 Å². The predicted molar refractivity (Wildman–Crippen MR) is 66.4 cm³/mol. The number of piperidine rings is 1. The monoisotopic (exact) mass is 240 g/mol. The van der Waals surface area contributed by atoms with Crippen molar-refractivity contribution >= 4 is 5.97 Å². The predicted octanol–water partition coefficient (Wildman–Crippen LogP) is 1.85. The van der Waals surface area contributed by atoms with Crippen LogP contribution in [-0.2, 0) is 9.63 Å². The number of carbonyl (C=O) groups is 1. The highest BCUT2D eigenvalue weighted by molar-refractivity contribution is 5.65. The van der Waals surface area contributed by atoms with Crippen LogP contribution in [0.3, 0.4) is 0 Å². The van der Waals surface area contributed by atoms with E-state index >= 15 is 0 Å². The normalized spacial score (nSPS) is 23.9. The summed E-state index contributed by atoms with van der Waals surface area (Å²) >= 11 is 0. The van der Waals surface area contributed by atoms with Gasteiger partial charge in [-0.2, -0.15) is 0 Å². The molecule has 4 heteroatoms. The average Bonchev–Trinajstić information content (AvgIpc) is 2.38. The third-order valence-electron chi connectivity index (χ3n) is 3.84. The van der Waals surface area contributed by atoms with Crippen molar-refractivity contribution in [1.82, 2.24) is 10.4 Å². The van der Waals surface area contributed by atoms with Gasteiger partial charge in [0.05, 0.1) is 0 Å². The van der Waals surface area contributed by atoms with E-state index in [2.05, 4.69) is 5.32 Å². The van der Waals surface area contributed by atoms with Gasteiger partial charge < -0.3 is 10.2 Å². The molecule has 4 nitrogen and oxygen atoms in total. The molecular formula is C13H24N2O2. The molecule has 98 valence electrons. The van der Waals surface area contributed by atoms with Crippen molar-refractivity contribution in [3.63, 3.8) is 0 Å². The molecule has 0 bridgehead atoms. The first kappa shape index (κ1) is 12.8. The van der Waals surface area contributed by atoms with E-state index in [0.717, 1.165) is 25.9 Å². The topological polar surface area (TPSA) is 41.6 Å². The van der Waals surface area contributed by atoms with E-state index in [0.29, 0.717) is 12.1 Å². The van der Waals surface area contributed by atoms with Crippen molar-refractivity contribution in [1.29, 1.82) is 0 Å². The van der Waals surface area contributed by atoms with Gasteiger partial charge in [-0.05, 0) is 38.8 Å². The third-order valence-corrected chi connectivity index (χ3v) is 3.84. The second-order valence-corrected chi connectivity index (χ2v) is 5.22. The van der Waals surface area contributed by atoms with E-state index in [1.807, 2.05) is 5.06 Å². The smallest absolute Gasteiger partial charge is 0.322 e. The van der Waals surface area contributed by atoms with Crippen LogP contribution in [0.25, 0.3) is 0 Å². The third kappa shape index (κ3) is 3.68. The maximum atomic E-state index is 11.3. The first-order valence-electron chi connectivity index (χ1n) is 6.95. The van der Waals surface area contributed by atoms with Gasteiger partial charge in [0.2, 0.25) is 0 Å². The fourth-order valence-corrected chi connectivity index (χ4v) is 2.99. The molecule has 0 aromatic rings. The summed E-state index contributed by atoms with van der Waals surface area (Å²) < 4.78 is 0. The Morgan fingerprint density at radius 2 is 1.65 bits per heavy atom. The molecule has 17 heavy (non-hydrogen) atoms. The van der Waals surface area contributed by atoms with Crippen LogP contribution in [0.4, 0.5) is 0 Å². The SMILES string of the molecule is CC(=O)ON(C1CCCCC1)C1CCNCC1. The van der Waals surface area contributed by atoms with Crippen LogP contribution >= 0.6 is 0 Å². The highest BCUT2D eigenvalue weighted by atomic mass is 16.7. The van der Waals surface area contributed by atoms with Crippen LogP contribution in [0.15, 0.2) is 0 Å². The van der Waals surface area contributed by atoms with Crippen molar-refractivity contribution in [2.24, 2.45) is 0 Å². The first-order valence-corrected chi connectivity index (χ1v) is 6.95. The summed E-state index contributed by atoms with van der Waals surface area (Å²) in [6, 6.07) is 0.874. The standard InChI is InChI=1S/C13H24N2O2/c1-11(16)17-15(12-5-3-2-4-6-12)13-7-9-14-10-8-13/h12-14H,2-10H2,1H3. The van der Waals surface area contributed by atoms with Crippen molar-refractivity contribution in [2.75, 3.05) is 13.1 Å². The molecule has 0 aromatic heterocycles. The van der Waals surface area contributed by atoms with Crippen LogP contribution in [0.2, 0.25) is 0 Å². The van der Waals surface area contributed by atoms with Gasteiger partial charge >= 0.3 is 5.97 Å². The zero-order valence-electron chi connectivity index (χ0n) is 10.8. The van der Waals surface area contributed by atoms with Crippen molar-refractivity contribution in [3.8, 4) is 0 Å². The summed E-state index contributed by atoms with van der Waals surface area (Å²) in [6.45, 7) is 3.58. The number of carbonyl (C=O) groups excluding carboxylic acids is 1. The Balaban J connectivity index is 1.97. The van der Waals surface area contributed by atoms with E-state index in [4.69, 9.17) is 4.84 Å². The van der Waals surface area contributed by atoms with Crippen LogP contribution in [-0.4, -0.2) is 36.2 Å². The van der Waals surface area contributed by atoms with Crippen molar-refractivity contribution < 1.29 is 9.63 Å². The summed E-state index contributed by atoms with van der Waals surface area (Å²) in [6.07, 6.45) is 8.40. The summed E-state index contributed by atoms with van der Waals surface area (Å²) in [5.41, 5.74) is 0. The lowest BCUT2D eigenvalue weighted by atomic mass is 9.93. The van der Waals surface area contributed by atoms with Crippen molar-refractivity contribution in [2.45, 2.75) is 64.0 Å². The molecule has 0 radical (unpaired) electrons. The van der Waals surface area contributed by atoms with Gasteiger partial charge in [0.25, 0.3) is 0 Å². The van der Waals surface area contributed by atoms with Crippen LogP contribution < -0.4 is 5.32 Å². The Labute approximate surface area is 104 Å². The molecule has 0 amide bonds. The Bertz CT molecular complexity index is 228. The highest BCUT2D eigenvalue weighted by Gasteiger charge is 2.31. The van der Waals surface area contributed by atoms with Gasteiger partial charge in [-0.25, -0.2) is 0 Å². The van der Waals surface area contributed by atoms with Gasteiger partial charge in [0, 0.05) is 19.0 Å². The Morgan fingerprint density at radius 1 is 1.06 bits per heavy atom. The molecule has 0 aromatic carbocycles. The zero-order chi connectivity index (χ0) is 12.1. The molecule has 1 heterocycles. The molecule has 2 rings (SSSR count). The summed E-state index contributed by atoms with van der Waals surface area (Å²) in [5, 5.41) is 5.39. The minimum absolute atomic E-state index is 0.172. The van der Waals surface area contributed by atoms with Crippen LogP contribution in [0.5, 0.6) is 0 Å². The molecule has 2 fully saturated rings. The quantitative estimate of drug-likeness (QED) is 0.764. The van der Waals surface area contributed by atoms with Gasteiger partial charge in [-0.1, -0.05) is 19.3 Å². The Hall–Kier alpha value is -0.610. The van der Waals surface area contributed by atoms with E-state index in [1.54, 1.807) is 0 Å². The fourth-order valence-electron chi connectivity index (χ4n) is 2.99. The maximum Gasteiger partial charge on any atom is 0.322 e. The molecule has 2 aliphatic rings. The molecule has 1 aliphatic heterocycles. The minimum atomic E-state index is -0.172. The number of hydrogen-bond acceptors (Lipinski definition) is 4. The lowest BCUT2D eigenvalue weighted by Gasteiger charge is -2.39. The van der Waals surface area contributed by atoms with Gasteiger partial charge in [0.15, 0.2) is 0 Å². The second kappa shape index (κ2) is 6.36. The lowest BCUT2D eigenvalue weighted by Crippen LogP contribution is -2.49. The minimum Gasteiger partial charge on any atom is -0.368 e. The number of hydrogen-bond donors (Lipinski definition) is 1. The van der Waals surface area contributed by atoms with Gasteiger partial charge in [-0.3, -0.25) is 4.79 Å². The van der Waals surface area contributed by atoms with Gasteiger partial charge in [0.1, 0.15) is 0 Å². The number of nitrogens with one attached hydrogen (secondary N) is 1. The largest absolute Gasteiger partial charge is 0.368 e. The molecule has 1 saturated carbocycles. The van der Waals surface area contributed by atoms with Crippen LogP contribution in [0, 0.1) is 0 Å². The Kier molecular flexibility index (Phi) is 4.80. The molecule has 1 aliphatic carbocycles. The van der Waals surface area contributed by atoms with E-state index < -0.39 is 0 Å². The highest BCUT2D eigenvalue weighted by Crippen LogP contribution is 2.27. The second-order valence-electron chi connectivity index (χ2n) is 5.22. The Morgan fingerprint density at radius 3 is 2.24 bits per heavy atom. The molecule has 1 saturated heterocycles. The average molecular weight is 240 g/mol. The van der Waals surface area contributed by atoms with Crippen molar-refractivity contribution in [3.05, 3.63) is 0 Å². The lowest BCUT2D eigenvalue weighted by molar-refractivity contribution is -0.219. The summed E-state index contributed by atoms with van der Waals surface area (Å²) in [7, 11) is 0. The molecule has 1 N–H and O–H groups in total. The first-order chi connectivity index (χ1) is 8.27.